The molecule has 0 spiro atoms. The molecule has 1 aromatic heterocycles. The number of anilines is 1. The minimum atomic E-state index is -0.237. The molecule has 0 aliphatic carbocycles. The Bertz CT molecular complexity index is 1010. The van der Waals surface area contributed by atoms with Gasteiger partial charge in [0.05, 0.1) is 13.2 Å². The van der Waals surface area contributed by atoms with Crippen molar-refractivity contribution in [2.24, 2.45) is 0 Å². The molecule has 0 unspecified atom stereocenters. The van der Waals surface area contributed by atoms with E-state index in [1.165, 1.54) is 0 Å². The number of nitrogens with zero attached hydrogens (tertiary/aromatic N) is 4. The second kappa shape index (κ2) is 8.24. The summed E-state index contributed by atoms with van der Waals surface area (Å²) in [6.07, 6.45) is 3.19. The van der Waals surface area contributed by atoms with Crippen molar-refractivity contribution < 1.29 is 14.3 Å². The molecule has 0 bridgehead atoms. The molecule has 1 fully saturated rings. The van der Waals surface area contributed by atoms with E-state index in [2.05, 4.69) is 15.5 Å². The van der Waals surface area contributed by atoms with Crippen molar-refractivity contribution in [1.29, 1.82) is 0 Å². The molecule has 148 valence electrons. The van der Waals surface area contributed by atoms with Crippen molar-refractivity contribution in [3.05, 3.63) is 71.8 Å². The molecule has 3 aromatic rings. The number of benzene rings is 2. The van der Waals surface area contributed by atoms with Gasteiger partial charge in [-0.3, -0.25) is 14.2 Å². The van der Waals surface area contributed by atoms with Gasteiger partial charge in [0.15, 0.2) is 0 Å². The van der Waals surface area contributed by atoms with Crippen LogP contribution in [0.1, 0.15) is 26.3 Å². The summed E-state index contributed by atoms with van der Waals surface area (Å²) in [5.41, 5.74) is 3.34. The van der Waals surface area contributed by atoms with Crippen molar-refractivity contribution in [2.75, 3.05) is 31.6 Å². The van der Waals surface area contributed by atoms with Crippen molar-refractivity contribution in [2.45, 2.75) is 6.92 Å². The minimum absolute atomic E-state index is 0.0415. The Balaban J connectivity index is 1.50. The Kier molecular flexibility index (Phi) is 5.35. The number of aromatic nitrogens is 3. The van der Waals surface area contributed by atoms with E-state index in [0.29, 0.717) is 43.1 Å². The zero-order valence-corrected chi connectivity index (χ0v) is 16.0. The molecule has 0 atom stereocenters. The molecule has 1 aliphatic rings. The van der Waals surface area contributed by atoms with Gasteiger partial charge in [0.1, 0.15) is 12.7 Å². The van der Waals surface area contributed by atoms with Crippen LogP contribution >= 0.6 is 0 Å². The maximum Gasteiger partial charge on any atom is 0.255 e. The number of carbonyl (C=O) groups excluding carboxylic acids is 2. The lowest BCUT2D eigenvalue weighted by atomic mass is 10.0. The first-order valence-electron chi connectivity index (χ1n) is 9.36. The maximum atomic E-state index is 12.8. The Labute approximate surface area is 168 Å². The van der Waals surface area contributed by atoms with Gasteiger partial charge in [0.25, 0.3) is 11.8 Å². The predicted octanol–water partition coefficient (Wildman–Crippen LogP) is 2.30. The summed E-state index contributed by atoms with van der Waals surface area (Å²) >= 11 is 0. The number of rotatable bonds is 4. The number of ether oxygens (including phenoxy) is 1. The molecule has 0 saturated carbocycles. The quantitative estimate of drug-likeness (QED) is 0.737. The Hall–Kier alpha value is -3.52. The molecule has 8 heteroatoms. The summed E-state index contributed by atoms with van der Waals surface area (Å²) in [6.45, 7) is 4.10. The topological polar surface area (TPSA) is 89.3 Å². The van der Waals surface area contributed by atoms with Crippen LogP contribution in [-0.4, -0.2) is 57.8 Å². The predicted molar refractivity (Wildman–Crippen MR) is 107 cm³/mol. The minimum Gasteiger partial charge on any atom is -0.378 e. The molecule has 0 radical (unpaired) electrons. The lowest BCUT2D eigenvalue weighted by Gasteiger charge is -2.27. The van der Waals surface area contributed by atoms with Crippen molar-refractivity contribution in [3.63, 3.8) is 0 Å². The zero-order chi connectivity index (χ0) is 20.2. The summed E-state index contributed by atoms with van der Waals surface area (Å²) in [4.78, 5) is 27.3. The standard InChI is InChI=1S/C21H21N5O3/c1-15-18(21(28)25-9-11-29-12-10-25)3-2-4-19(15)24-20(27)16-5-7-17(8-6-16)26-13-22-23-14-26/h2-8,13-14H,9-12H2,1H3,(H,24,27). The molecular weight excluding hydrogens is 370 g/mol. The highest BCUT2D eigenvalue weighted by Gasteiger charge is 2.21. The maximum absolute atomic E-state index is 12.8. The molecule has 2 heterocycles. The summed E-state index contributed by atoms with van der Waals surface area (Å²) < 4.78 is 7.07. The summed E-state index contributed by atoms with van der Waals surface area (Å²) in [5.74, 6) is -0.278. The fourth-order valence-corrected chi connectivity index (χ4v) is 3.25. The van der Waals surface area contributed by atoms with Crippen LogP contribution in [0.2, 0.25) is 0 Å². The van der Waals surface area contributed by atoms with Crippen LogP contribution < -0.4 is 5.32 Å². The van der Waals surface area contributed by atoms with Gasteiger partial charge in [-0.15, -0.1) is 10.2 Å². The number of hydrogen-bond donors (Lipinski definition) is 1. The van der Waals surface area contributed by atoms with Crippen molar-refractivity contribution >= 4 is 17.5 Å². The van der Waals surface area contributed by atoms with E-state index >= 15 is 0 Å². The van der Waals surface area contributed by atoms with E-state index in [1.807, 2.05) is 19.1 Å². The van der Waals surface area contributed by atoms with E-state index in [4.69, 9.17) is 4.74 Å². The SMILES string of the molecule is Cc1c(NC(=O)c2ccc(-n3cnnc3)cc2)cccc1C(=O)N1CCOCC1. The van der Waals surface area contributed by atoms with Crippen LogP contribution in [-0.2, 0) is 4.74 Å². The van der Waals surface area contributed by atoms with Crippen molar-refractivity contribution in [3.8, 4) is 5.69 Å². The van der Waals surface area contributed by atoms with Gasteiger partial charge >= 0.3 is 0 Å². The molecule has 2 amide bonds. The van der Waals surface area contributed by atoms with Gasteiger partial charge in [-0.05, 0) is 48.9 Å². The van der Waals surface area contributed by atoms with E-state index in [-0.39, 0.29) is 11.8 Å². The largest absolute Gasteiger partial charge is 0.378 e. The smallest absolute Gasteiger partial charge is 0.255 e. The molecular formula is C21H21N5O3. The van der Waals surface area contributed by atoms with E-state index < -0.39 is 0 Å². The van der Waals surface area contributed by atoms with Gasteiger partial charge in [-0.1, -0.05) is 6.07 Å². The molecule has 2 aromatic carbocycles. The average Bonchev–Trinajstić information content (AvgIpc) is 3.30. The highest BCUT2D eigenvalue weighted by Crippen LogP contribution is 2.22. The van der Waals surface area contributed by atoms with Crippen LogP contribution in [0.3, 0.4) is 0 Å². The second-order valence-electron chi connectivity index (χ2n) is 6.75. The first-order valence-corrected chi connectivity index (χ1v) is 9.36. The monoisotopic (exact) mass is 391 g/mol. The van der Waals surface area contributed by atoms with Crippen LogP contribution in [0.5, 0.6) is 0 Å². The van der Waals surface area contributed by atoms with Crippen LogP contribution in [0.4, 0.5) is 5.69 Å². The third-order valence-electron chi connectivity index (χ3n) is 4.96. The lowest BCUT2D eigenvalue weighted by Crippen LogP contribution is -2.41. The Morgan fingerprint density at radius 2 is 1.69 bits per heavy atom. The normalized spacial score (nSPS) is 13.9. The molecule has 8 nitrogen and oxygen atoms in total. The number of carbonyl (C=O) groups is 2. The third kappa shape index (κ3) is 4.02. The van der Waals surface area contributed by atoms with Gasteiger partial charge in [0, 0.05) is 35.6 Å². The van der Waals surface area contributed by atoms with Crippen LogP contribution in [0.15, 0.2) is 55.1 Å². The van der Waals surface area contributed by atoms with Crippen molar-refractivity contribution in [1.82, 2.24) is 19.7 Å². The van der Waals surface area contributed by atoms with Gasteiger partial charge in [0.2, 0.25) is 0 Å². The fraction of sp³-hybridized carbons (Fsp3) is 0.238. The summed E-state index contributed by atoms with van der Waals surface area (Å²) in [5, 5.41) is 10.5. The van der Waals surface area contributed by atoms with Gasteiger partial charge < -0.3 is 15.0 Å². The number of hydrogen-bond acceptors (Lipinski definition) is 5. The van der Waals surface area contributed by atoms with Crippen LogP contribution in [0, 0.1) is 6.92 Å². The first kappa shape index (κ1) is 18.8. The third-order valence-corrected chi connectivity index (χ3v) is 4.96. The average molecular weight is 391 g/mol. The Morgan fingerprint density at radius 1 is 1.00 bits per heavy atom. The molecule has 1 aliphatic heterocycles. The van der Waals surface area contributed by atoms with Crippen LogP contribution in [0.25, 0.3) is 5.69 Å². The fourth-order valence-electron chi connectivity index (χ4n) is 3.25. The second-order valence-corrected chi connectivity index (χ2v) is 6.75. The number of nitrogens with one attached hydrogen (secondary N) is 1. The van der Waals surface area contributed by atoms with E-state index in [1.54, 1.807) is 52.5 Å². The first-order chi connectivity index (χ1) is 14.1. The lowest BCUT2D eigenvalue weighted by molar-refractivity contribution is 0.0302. The van der Waals surface area contributed by atoms with Gasteiger partial charge in [-0.2, -0.15) is 0 Å². The molecule has 29 heavy (non-hydrogen) atoms. The number of morpholine rings is 1. The zero-order valence-electron chi connectivity index (χ0n) is 16.0. The highest BCUT2D eigenvalue weighted by atomic mass is 16.5. The Morgan fingerprint density at radius 3 is 2.38 bits per heavy atom. The highest BCUT2D eigenvalue weighted by molar-refractivity contribution is 6.06. The number of amides is 2. The molecule has 1 N–H and O–H groups in total. The van der Waals surface area contributed by atoms with E-state index in [9.17, 15) is 9.59 Å². The molecule has 1 saturated heterocycles. The summed E-state index contributed by atoms with van der Waals surface area (Å²) in [6, 6.07) is 12.5. The molecule has 4 rings (SSSR count). The van der Waals surface area contributed by atoms with Gasteiger partial charge in [-0.25, -0.2) is 0 Å². The summed E-state index contributed by atoms with van der Waals surface area (Å²) in [7, 11) is 0. The van der Waals surface area contributed by atoms with E-state index in [0.717, 1.165) is 11.3 Å².